The highest BCUT2D eigenvalue weighted by Gasteiger charge is 2.27. The summed E-state index contributed by atoms with van der Waals surface area (Å²) in [7, 11) is 3.22. The predicted octanol–water partition coefficient (Wildman–Crippen LogP) is 3.53. The van der Waals surface area contributed by atoms with Crippen molar-refractivity contribution in [2.24, 2.45) is 7.05 Å². The van der Waals surface area contributed by atoms with Crippen LogP contribution in [-0.2, 0) is 23.2 Å². The molecular formula is C26H25FN6O4. The number of carbonyl (C=O) groups excluding carboxylic acids is 3. The molecule has 1 unspecified atom stereocenters. The highest BCUT2D eigenvalue weighted by Crippen LogP contribution is 2.37. The van der Waals surface area contributed by atoms with E-state index in [9.17, 15) is 24.0 Å². The summed E-state index contributed by atoms with van der Waals surface area (Å²) in [6.45, 7) is 3.13. The van der Waals surface area contributed by atoms with Crippen LogP contribution in [0.3, 0.4) is 0 Å². The quantitative estimate of drug-likeness (QED) is 0.575. The number of hydrogen-bond donors (Lipinski definition) is 1. The Bertz CT molecular complexity index is 1460. The van der Waals surface area contributed by atoms with Gasteiger partial charge in [-0.1, -0.05) is 0 Å². The van der Waals surface area contributed by atoms with Crippen LogP contribution in [0, 0.1) is 17.1 Å². The van der Waals surface area contributed by atoms with Gasteiger partial charge >= 0.3 is 0 Å². The van der Waals surface area contributed by atoms with Crippen LogP contribution in [0.25, 0.3) is 11.1 Å². The summed E-state index contributed by atoms with van der Waals surface area (Å²) in [4.78, 5) is 42.9. The molecule has 2 aromatic heterocycles. The highest BCUT2D eigenvalue weighted by atomic mass is 19.1. The molecule has 0 spiro atoms. The van der Waals surface area contributed by atoms with E-state index in [1.807, 2.05) is 0 Å². The summed E-state index contributed by atoms with van der Waals surface area (Å²) in [5.41, 5.74) is 2.24. The summed E-state index contributed by atoms with van der Waals surface area (Å²) >= 11 is 0. The van der Waals surface area contributed by atoms with Gasteiger partial charge in [-0.3, -0.25) is 14.3 Å². The van der Waals surface area contributed by atoms with Gasteiger partial charge in [0.15, 0.2) is 11.6 Å². The molecule has 0 saturated heterocycles. The monoisotopic (exact) mass is 504 g/mol. The van der Waals surface area contributed by atoms with E-state index in [0.29, 0.717) is 22.4 Å². The lowest BCUT2D eigenvalue weighted by atomic mass is 10.00. The molecule has 1 aliphatic rings. The number of aromatic nitrogens is 3. The molecule has 2 bridgehead atoms. The molecule has 0 radical (unpaired) electrons. The standard InChI is InChI=1S/C26H25FN6O4/c1-14(34)5-8-23(35)30-25-22-9-16(12-29-25)24-20(31-33(4)21(24)11-28)13-32(3)26(36)18-7-6-17(27)10-19(18)15(2)37-22/h6-7,9-10,12,15H,5,8,13H2,1-4H3,(H,29,30,35). The van der Waals surface area contributed by atoms with Crippen LogP contribution in [-0.4, -0.2) is 44.3 Å². The number of ether oxygens (including phenoxy) is 1. The zero-order valence-electron chi connectivity index (χ0n) is 20.8. The Morgan fingerprint density at radius 1 is 1.27 bits per heavy atom. The maximum Gasteiger partial charge on any atom is 0.254 e. The topological polar surface area (TPSA) is 130 Å². The fourth-order valence-electron chi connectivity index (χ4n) is 4.19. The van der Waals surface area contributed by atoms with Gasteiger partial charge in [0.25, 0.3) is 5.91 Å². The number of nitrogens with one attached hydrogen (secondary N) is 1. The van der Waals surface area contributed by atoms with Crippen molar-refractivity contribution in [1.82, 2.24) is 19.7 Å². The number of anilines is 1. The summed E-state index contributed by atoms with van der Waals surface area (Å²) < 4.78 is 21.8. The molecule has 0 saturated carbocycles. The number of halogens is 1. The summed E-state index contributed by atoms with van der Waals surface area (Å²) in [6.07, 6.45) is 0.703. The van der Waals surface area contributed by atoms with Gasteiger partial charge in [-0.15, -0.1) is 0 Å². The van der Waals surface area contributed by atoms with Crippen molar-refractivity contribution < 1.29 is 23.5 Å². The minimum atomic E-state index is -0.809. The summed E-state index contributed by atoms with van der Waals surface area (Å²) in [5, 5.41) is 16.9. The van der Waals surface area contributed by atoms with Crippen LogP contribution in [0.4, 0.5) is 10.2 Å². The minimum Gasteiger partial charge on any atom is -0.482 e. The Kier molecular flexibility index (Phi) is 7.02. The second-order valence-electron chi connectivity index (χ2n) is 8.88. The Hall–Kier alpha value is -4.59. The number of Topliss-reactive ketones (excluding diaryl/α,β-unsaturated/α-hetero) is 1. The van der Waals surface area contributed by atoms with Gasteiger partial charge < -0.3 is 19.7 Å². The smallest absolute Gasteiger partial charge is 0.254 e. The first-order valence-electron chi connectivity index (χ1n) is 11.6. The number of nitriles is 1. The predicted molar refractivity (Wildman–Crippen MR) is 131 cm³/mol. The average Bonchev–Trinajstić information content (AvgIpc) is 3.17. The number of nitrogens with zero attached hydrogens (tertiary/aromatic N) is 5. The highest BCUT2D eigenvalue weighted by molar-refractivity contribution is 5.96. The van der Waals surface area contributed by atoms with Gasteiger partial charge in [0.2, 0.25) is 5.91 Å². The van der Waals surface area contributed by atoms with Crippen LogP contribution in [0.2, 0.25) is 0 Å². The third-order valence-electron chi connectivity index (χ3n) is 6.05. The molecular weight excluding hydrogens is 479 g/mol. The van der Waals surface area contributed by atoms with Crippen LogP contribution in [0.5, 0.6) is 5.75 Å². The summed E-state index contributed by atoms with van der Waals surface area (Å²) in [6, 6.07) is 7.59. The van der Waals surface area contributed by atoms with Crippen LogP contribution >= 0.6 is 0 Å². The molecule has 190 valence electrons. The van der Waals surface area contributed by atoms with Crippen molar-refractivity contribution in [2.45, 2.75) is 39.3 Å². The van der Waals surface area contributed by atoms with Crippen LogP contribution in [0.1, 0.15) is 60.1 Å². The second kappa shape index (κ2) is 10.2. The number of amides is 2. The van der Waals surface area contributed by atoms with Gasteiger partial charge in [0.05, 0.1) is 12.2 Å². The number of ketones is 1. The number of fused-ring (bicyclic) bond motifs is 5. The Balaban J connectivity index is 1.89. The Morgan fingerprint density at radius 3 is 2.73 bits per heavy atom. The van der Waals surface area contributed by atoms with Crippen molar-refractivity contribution in [3.8, 4) is 22.9 Å². The van der Waals surface area contributed by atoms with E-state index in [1.165, 1.54) is 40.9 Å². The molecule has 1 aliphatic heterocycles. The van der Waals surface area contributed by atoms with Crippen molar-refractivity contribution in [1.29, 1.82) is 5.26 Å². The van der Waals surface area contributed by atoms with Crippen LogP contribution < -0.4 is 10.1 Å². The maximum absolute atomic E-state index is 14.2. The third-order valence-corrected chi connectivity index (χ3v) is 6.05. The normalized spacial score (nSPS) is 14.9. The Morgan fingerprint density at radius 2 is 2.03 bits per heavy atom. The first-order chi connectivity index (χ1) is 17.6. The molecule has 37 heavy (non-hydrogen) atoms. The largest absolute Gasteiger partial charge is 0.482 e. The molecule has 0 aliphatic carbocycles. The molecule has 0 fully saturated rings. The molecule has 3 heterocycles. The van der Waals surface area contributed by atoms with E-state index in [-0.39, 0.29) is 53.9 Å². The number of aryl methyl sites for hydroxylation is 1. The lowest BCUT2D eigenvalue weighted by Crippen LogP contribution is -2.28. The lowest BCUT2D eigenvalue weighted by molar-refractivity contribution is -0.121. The van der Waals surface area contributed by atoms with Crippen molar-refractivity contribution in [2.75, 3.05) is 12.4 Å². The number of pyridine rings is 1. The van der Waals surface area contributed by atoms with Gasteiger partial charge in [-0.25, -0.2) is 9.37 Å². The van der Waals surface area contributed by atoms with Gasteiger partial charge in [-0.05, 0) is 38.1 Å². The number of carbonyl (C=O) groups is 3. The maximum atomic E-state index is 14.2. The number of rotatable bonds is 4. The van der Waals surface area contributed by atoms with Crippen molar-refractivity contribution in [3.05, 3.63) is 58.8 Å². The van der Waals surface area contributed by atoms with Gasteiger partial charge in [-0.2, -0.15) is 10.4 Å². The molecule has 3 aromatic rings. The van der Waals surface area contributed by atoms with E-state index in [0.717, 1.165) is 0 Å². The Labute approximate surface area is 212 Å². The second-order valence-corrected chi connectivity index (χ2v) is 8.88. The fourth-order valence-corrected chi connectivity index (χ4v) is 4.19. The zero-order valence-corrected chi connectivity index (χ0v) is 20.8. The SMILES string of the molecule is CC(=O)CCC(=O)Nc1ncc2cc1OC(C)c1cc(F)ccc1C(=O)N(C)Cc1nn(C)c(C#N)c1-2. The average molecular weight is 505 g/mol. The first kappa shape index (κ1) is 25.5. The molecule has 1 aromatic carbocycles. The minimum absolute atomic E-state index is 0.0338. The van der Waals surface area contributed by atoms with E-state index in [1.54, 1.807) is 27.1 Å². The lowest BCUT2D eigenvalue weighted by Gasteiger charge is -2.24. The molecule has 1 atom stereocenters. The van der Waals surface area contributed by atoms with Crippen LogP contribution in [0.15, 0.2) is 30.5 Å². The summed E-state index contributed by atoms with van der Waals surface area (Å²) in [5.74, 6) is -1.23. The fraction of sp³-hybridized carbons (Fsp3) is 0.308. The zero-order chi connectivity index (χ0) is 26.9. The molecule has 2 amide bonds. The van der Waals surface area contributed by atoms with Crippen molar-refractivity contribution in [3.63, 3.8) is 0 Å². The number of benzene rings is 1. The molecule has 1 N–H and O–H groups in total. The van der Waals surface area contributed by atoms with E-state index in [2.05, 4.69) is 21.5 Å². The molecule has 11 heteroatoms. The molecule has 10 nitrogen and oxygen atoms in total. The van der Waals surface area contributed by atoms with Gasteiger partial charge in [0.1, 0.15) is 29.5 Å². The van der Waals surface area contributed by atoms with Crippen molar-refractivity contribution >= 4 is 23.4 Å². The van der Waals surface area contributed by atoms with Gasteiger partial charge in [0, 0.05) is 55.4 Å². The van der Waals surface area contributed by atoms with E-state index >= 15 is 0 Å². The third kappa shape index (κ3) is 5.18. The first-order valence-corrected chi connectivity index (χ1v) is 11.6. The van der Waals surface area contributed by atoms with E-state index < -0.39 is 17.8 Å². The van der Waals surface area contributed by atoms with E-state index in [4.69, 9.17) is 4.74 Å². The number of hydrogen-bond acceptors (Lipinski definition) is 7. The molecule has 4 rings (SSSR count).